The van der Waals surface area contributed by atoms with Crippen molar-refractivity contribution in [3.05, 3.63) is 29.7 Å². The summed E-state index contributed by atoms with van der Waals surface area (Å²) in [5.41, 5.74) is -0.230. The molecule has 0 radical (unpaired) electrons. The zero-order chi connectivity index (χ0) is 14.8. The van der Waals surface area contributed by atoms with Gasteiger partial charge in [0.1, 0.15) is 5.69 Å². The molecule has 7 heteroatoms. The first kappa shape index (κ1) is 14.2. The summed E-state index contributed by atoms with van der Waals surface area (Å²) < 4.78 is 6.68. The molecule has 2 heterocycles. The lowest BCUT2D eigenvalue weighted by atomic mass is 10.0. The molecule has 0 aliphatic heterocycles. The third-order valence-corrected chi connectivity index (χ3v) is 2.97. The topological polar surface area (TPSA) is 85.8 Å². The van der Waals surface area contributed by atoms with Gasteiger partial charge in [-0.05, 0) is 26.3 Å². The molecule has 2 aromatic heterocycles. The molecular formula is C13H19N5O2. The van der Waals surface area contributed by atoms with Gasteiger partial charge >= 0.3 is 0 Å². The molecule has 0 bridgehead atoms. The van der Waals surface area contributed by atoms with E-state index >= 15 is 0 Å². The third-order valence-electron chi connectivity index (χ3n) is 2.97. The van der Waals surface area contributed by atoms with E-state index in [0.717, 1.165) is 12.8 Å². The van der Waals surface area contributed by atoms with E-state index in [4.69, 9.17) is 4.52 Å². The number of nitrogens with zero attached hydrogens (tertiary/aromatic N) is 4. The Kier molecular flexibility index (Phi) is 3.87. The molecule has 2 rings (SSSR count). The van der Waals surface area contributed by atoms with Crippen LogP contribution in [0.2, 0.25) is 0 Å². The summed E-state index contributed by atoms with van der Waals surface area (Å²) in [6.07, 6.45) is 3.25. The second-order valence-corrected chi connectivity index (χ2v) is 5.18. The highest BCUT2D eigenvalue weighted by Gasteiger charge is 2.29. The fourth-order valence-electron chi connectivity index (χ4n) is 1.82. The SMILES string of the molecule is CCCc1nc(C(C)(C)NC(=O)c2ccnn2C)no1. The molecule has 108 valence electrons. The molecule has 20 heavy (non-hydrogen) atoms. The van der Waals surface area contributed by atoms with Crippen molar-refractivity contribution in [1.29, 1.82) is 0 Å². The summed E-state index contributed by atoms with van der Waals surface area (Å²) in [6.45, 7) is 5.71. The minimum absolute atomic E-state index is 0.225. The maximum atomic E-state index is 12.2. The van der Waals surface area contributed by atoms with Crippen LogP contribution in [0, 0.1) is 0 Å². The molecule has 0 spiro atoms. The number of carbonyl (C=O) groups is 1. The molecule has 0 unspecified atom stereocenters. The normalized spacial score (nSPS) is 11.6. The van der Waals surface area contributed by atoms with Gasteiger partial charge in [-0.1, -0.05) is 12.1 Å². The zero-order valence-electron chi connectivity index (χ0n) is 12.2. The summed E-state index contributed by atoms with van der Waals surface area (Å²) in [4.78, 5) is 16.5. The number of nitrogens with one attached hydrogen (secondary N) is 1. The second-order valence-electron chi connectivity index (χ2n) is 5.18. The molecule has 0 aliphatic rings. The van der Waals surface area contributed by atoms with Crippen molar-refractivity contribution in [2.45, 2.75) is 39.2 Å². The molecule has 0 aliphatic carbocycles. The third kappa shape index (κ3) is 2.87. The summed E-state index contributed by atoms with van der Waals surface area (Å²) >= 11 is 0. The van der Waals surface area contributed by atoms with Crippen LogP contribution in [0.3, 0.4) is 0 Å². The summed E-state index contributed by atoms with van der Waals surface area (Å²) in [7, 11) is 1.72. The van der Waals surface area contributed by atoms with Crippen molar-refractivity contribution < 1.29 is 9.32 Å². The monoisotopic (exact) mass is 277 g/mol. The van der Waals surface area contributed by atoms with Crippen molar-refractivity contribution in [3.63, 3.8) is 0 Å². The molecule has 0 saturated carbocycles. The second kappa shape index (κ2) is 5.44. The number of rotatable bonds is 5. The summed E-state index contributed by atoms with van der Waals surface area (Å²) in [5.74, 6) is 0.832. The van der Waals surface area contributed by atoms with Crippen LogP contribution in [-0.4, -0.2) is 25.8 Å². The highest BCUT2D eigenvalue weighted by molar-refractivity contribution is 5.92. The number of aryl methyl sites for hydroxylation is 2. The van der Waals surface area contributed by atoms with Gasteiger partial charge in [-0.25, -0.2) is 0 Å². The minimum atomic E-state index is -0.711. The van der Waals surface area contributed by atoms with Crippen LogP contribution in [0.15, 0.2) is 16.8 Å². The first-order chi connectivity index (χ1) is 9.44. The van der Waals surface area contributed by atoms with Gasteiger partial charge < -0.3 is 9.84 Å². The van der Waals surface area contributed by atoms with Gasteiger partial charge in [0, 0.05) is 19.7 Å². The highest BCUT2D eigenvalue weighted by atomic mass is 16.5. The van der Waals surface area contributed by atoms with E-state index in [1.165, 1.54) is 4.68 Å². The average molecular weight is 277 g/mol. The van der Waals surface area contributed by atoms with E-state index < -0.39 is 5.54 Å². The molecule has 0 saturated heterocycles. The largest absolute Gasteiger partial charge is 0.339 e. The molecule has 2 aromatic rings. The van der Waals surface area contributed by atoms with Crippen LogP contribution >= 0.6 is 0 Å². The maximum absolute atomic E-state index is 12.2. The van der Waals surface area contributed by atoms with Gasteiger partial charge in [0.25, 0.3) is 5.91 Å². The van der Waals surface area contributed by atoms with Gasteiger partial charge in [-0.3, -0.25) is 9.48 Å². The predicted molar refractivity (Wildman–Crippen MR) is 72.0 cm³/mol. The summed E-state index contributed by atoms with van der Waals surface area (Å²) in [6, 6.07) is 1.66. The van der Waals surface area contributed by atoms with Crippen molar-refractivity contribution >= 4 is 5.91 Å². The average Bonchev–Trinajstić information content (AvgIpc) is 2.98. The number of hydrogen-bond acceptors (Lipinski definition) is 5. The van der Waals surface area contributed by atoms with Crippen LogP contribution in [0.5, 0.6) is 0 Å². The molecule has 7 nitrogen and oxygen atoms in total. The lowest BCUT2D eigenvalue weighted by Crippen LogP contribution is -2.42. The molecule has 0 fully saturated rings. The van der Waals surface area contributed by atoms with Crippen LogP contribution in [0.1, 0.15) is 49.4 Å². The van der Waals surface area contributed by atoms with Gasteiger partial charge in [-0.2, -0.15) is 10.1 Å². The minimum Gasteiger partial charge on any atom is -0.339 e. The quantitative estimate of drug-likeness (QED) is 0.893. The Morgan fingerprint density at radius 1 is 1.50 bits per heavy atom. The predicted octanol–water partition coefficient (Wildman–Crippen LogP) is 1.42. The van der Waals surface area contributed by atoms with Crippen LogP contribution in [0.4, 0.5) is 0 Å². The van der Waals surface area contributed by atoms with E-state index in [9.17, 15) is 4.79 Å². The van der Waals surface area contributed by atoms with E-state index in [2.05, 4.69) is 20.6 Å². The van der Waals surface area contributed by atoms with Crippen LogP contribution < -0.4 is 5.32 Å². The van der Waals surface area contributed by atoms with Gasteiger partial charge in [0.15, 0.2) is 5.82 Å². The zero-order valence-corrected chi connectivity index (χ0v) is 12.2. The van der Waals surface area contributed by atoms with E-state index in [1.807, 2.05) is 20.8 Å². The van der Waals surface area contributed by atoms with Crippen molar-refractivity contribution in [2.24, 2.45) is 7.05 Å². The van der Waals surface area contributed by atoms with E-state index in [1.54, 1.807) is 19.3 Å². The Morgan fingerprint density at radius 2 is 2.25 bits per heavy atom. The first-order valence-electron chi connectivity index (χ1n) is 6.57. The number of amides is 1. The van der Waals surface area contributed by atoms with E-state index in [0.29, 0.717) is 17.4 Å². The Morgan fingerprint density at radius 3 is 2.85 bits per heavy atom. The molecular weight excluding hydrogens is 258 g/mol. The lowest BCUT2D eigenvalue weighted by Gasteiger charge is -2.22. The Balaban J connectivity index is 2.13. The van der Waals surface area contributed by atoms with Crippen molar-refractivity contribution in [1.82, 2.24) is 25.2 Å². The van der Waals surface area contributed by atoms with Crippen molar-refractivity contribution in [3.8, 4) is 0 Å². The number of carbonyl (C=O) groups excluding carboxylic acids is 1. The van der Waals surface area contributed by atoms with E-state index in [-0.39, 0.29) is 5.91 Å². The highest BCUT2D eigenvalue weighted by Crippen LogP contribution is 2.18. The Hall–Kier alpha value is -2.18. The smallest absolute Gasteiger partial charge is 0.270 e. The number of hydrogen-bond donors (Lipinski definition) is 1. The molecule has 1 amide bonds. The Labute approximate surface area is 117 Å². The lowest BCUT2D eigenvalue weighted by molar-refractivity contribution is 0.0897. The first-order valence-corrected chi connectivity index (χ1v) is 6.57. The summed E-state index contributed by atoms with van der Waals surface area (Å²) in [5, 5.41) is 10.8. The Bertz CT molecular complexity index is 599. The molecule has 0 atom stereocenters. The molecule has 1 N–H and O–H groups in total. The van der Waals surface area contributed by atoms with Crippen LogP contribution in [-0.2, 0) is 19.0 Å². The maximum Gasteiger partial charge on any atom is 0.270 e. The van der Waals surface area contributed by atoms with Gasteiger partial charge in [-0.15, -0.1) is 0 Å². The fraction of sp³-hybridized carbons (Fsp3) is 0.538. The van der Waals surface area contributed by atoms with Gasteiger partial charge in [0.2, 0.25) is 5.89 Å². The molecule has 0 aromatic carbocycles. The standard InChI is InChI=1S/C13H19N5O2/c1-5-6-10-15-12(17-20-10)13(2,3)16-11(19)9-7-8-14-18(9)4/h7-8H,5-6H2,1-4H3,(H,16,19). The van der Waals surface area contributed by atoms with Crippen LogP contribution in [0.25, 0.3) is 0 Å². The fourth-order valence-corrected chi connectivity index (χ4v) is 1.82. The number of aromatic nitrogens is 4. The van der Waals surface area contributed by atoms with Crippen molar-refractivity contribution in [2.75, 3.05) is 0 Å². The van der Waals surface area contributed by atoms with Gasteiger partial charge in [0.05, 0.1) is 5.54 Å².